The number of carbonyl (C=O) groups excluding carboxylic acids is 1. The summed E-state index contributed by atoms with van der Waals surface area (Å²) in [6.45, 7) is 0.323. The van der Waals surface area contributed by atoms with E-state index in [-0.39, 0.29) is 48.4 Å². The molecule has 9 nitrogen and oxygen atoms in total. The molecule has 2 aromatic rings. The zero-order valence-corrected chi connectivity index (χ0v) is 19.9. The molecule has 2 aliphatic rings. The summed E-state index contributed by atoms with van der Waals surface area (Å²) in [5, 5.41) is 11.5. The Kier molecular flexibility index (Phi) is 8.01. The summed E-state index contributed by atoms with van der Waals surface area (Å²) in [5.41, 5.74) is 5.12. The van der Waals surface area contributed by atoms with Crippen LogP contribution in [0.3, 0.4) is 0 Å². The lowest BCUT2D eigenvalue weighted by Crippen LogP contribution is -2.37. The molecule has 190 valence electrons. The van der Waals surface area contributed by atoms with Crippen molar-refractivity contribution in [2.24, 2.45) is 5.73 Å². The molecule has 2 fully saturated rings. The fourth-order valence-corrected chi connectivity index (χ4v) is 4.41. The molecule has 1 aliphatic carbocycles. The van der Waals surface area contributed by atoms with Gasteiger partial charge >= 0.3 is 5.97 Å². The molecule has 1 saturated heterocycles. The van der Waals surface area contributed by atoms with Crippen molar-refractivity contribution < 1.29 is 28.2 Å². The van der Waals surface area contributed by atoms with Crippen molar-refractivity contribution in [1.29, 1.82) is 0 Å². The first-order valence-corrected chi connectivity index (χ1v) is 11.0. The van der Waals surface area contributed by atoms with Gasteiger partial charge in [0.2, 0.25) is 11.3 Å². The third kappa shape index (κ3) is 5.25. The smallest absolute Gasteiger partial charge is 0.341 e. The summed E-state index contributed by atoms with van der Waals surface area (Å²) in [6.07, 6.45) is 3.64. The van der Waals surface area contributed by atoms with Gasteiger partial charge in [-0.15, -0.1) is 12.4 Å². The predicted molar refractivity (Wildman–Crippen MR) is 129 cm³/mol. The number of nitrogens with zero attached hydrogens (tertiary/aromatic N) is 2. The van der Waals surface area contributed by atoms with Gasteiger partial charge in [0, 0.05) is 25.3 Å². The highest BCUT2D eigenvalue weighted by atomic mass is 35.5. The first-order chi connectivity index (χ1) is 16.2. The topological polar surface area (TPSA) is 127 Å². The molecule has 1 aromatic heterocycles. The number of ether oxygens (including phenoxy) is 1. The number of halogens is 3. The first-order valence-electron chi connectivity index (χ1n) is 11.0. The SMILES string of the molecule is COc1c(N2CCCC(=CC(F)NC(=O)CN)C2)c(F)cc2c(=O)c(C(=O)O)cn(C3CC3)c12.Cl. The number of carboxylic acids is 1. The van der Waals surface area contributed by atoms with E-state index in [1.165, 1.54) is 19.4 Å². The van der Waals surface area contributed by atoms with Gasteiger partial charge in [-0.25, -0.2) is 13.6 Å². The Hall–Kier alpha value is -3.18. The minimum atomic E-state index is -1.72. The summed E-state index contributed by atoms with van der Waals surface area (Å²) >= 11 is 0. The molecule has 1 amide bonds. The number of nitrogens with one attached hydrogen (secondary N) is 1. The van der Waals surface area contributed by atoms with E-state index in [0.29, 0.717) is 30.5 Å². The van der Waals surface area contributed by atoms with Crippen molar-refractivity contribution in [1.82, 2.24) is 9.88 Å². The molecule has 1 aliphatic heterocycles. The van der Waals surface area contributed by atoms with Crippen molar-refractivity contribution in [3.63, 3.8) is 0 Å². The number of aromatic carboxylic acids is 1. The number of hydrogen-bond acceptors (Lipinski definition) is 6. The molecule has 0 radical (unpaired) electrons. The average molecular weight is 513 g/mol. The Morgan fingerprint density at radius 2 is 2.11 bits per heavy atom. The quantitative estimate of drug-likeness (QED) is 0.384. The zero-order valence-electron chi connectivity index (χ0n) is 19.1. The second-order valence-electron chi connectivity index (χ2n) is 8.48. The number of fused-ring (bicyclic) bond motifs is 1. The van der Waals surface area contributed by atoms with Crippen molar-refractivity contribution in [3.8, 4) is 5.75 Å². The Morgan fingerprint density at radius 1 is 1.40 bits per heavy atom. The maximum Gasteiger partial charge on any atom is 0.341 e. The molecule has 35 heavy (non-hydrogen) atoms. The highest BCUT2D eigenvalue weighted by molar-refractivity contribution is 5.97. The number of carbonyl (C=O) groups is 2. The molecule has 4 rings (SSSR count). The lowest BCUT2D eigenvalue weighted by atomic mass is 10.0. The number of aromatic nitrogens is 1. The van der Waals surface area contributed by atoms with Crippen LogP contribution in [-0.4, -0.2) is 54.6 Å². The van der Waals surface area contributed by atoms with E-state index < -0.39 is 35.0 Å². The molecule has 1 aromatic carbocycles. The summed E-state index contributed by atoms with van der Waals surface area (Å²) in [6, 6.07) is 1.04. The molecule has 0 bridgehead atoms. The number of methoxy groups -OCH3 is 1. The average Bonchev–Trinajstić information content (AvgIpc) is 3.64. The number of alkyl halides is 1. The van der Waals surface area contributed by atoms with Crippen LogP contribution >= 0.6 is 12.4 Å². The van der Waals surface area contributed by atoms with Crippen LogP contribution in [0.4, 0.5) is 14.5 Å². The van der Waals surface area contributed by atoms with Gasteiger partial charge < -0.3 is 30.4 Å². The number of benzene rings is 1. The first kappa shape index (κ1) is 26.4. The van der Waals surface area contributed by atoms with E-state index >= 15 is 4.39 Å². The third-order valence-electron chi connectivity index (χ3n) is 6.08. The van der Waals surface area contributed by atoms with Crippen LogP contribution in [0, 0.1) is 5.82 Å². The second-order valence-corrected chi connectivity index (χ2v) is 8.48. The molecule has 12 heteroatoms. The zero-order chi connectivity index (χ0) is 24.6. The normalized spacial score (nSPS) is 17.7. The molecular formula is C23H27ClF2N4O5. The molecular weight excluding hydrogens is 486 g/mol. The standard InChI is InChI=1S/C23H26F2N4O5.ClH/c1-34-22-19-14(21(31)15(23(32)33)11-29(19)13-4-5-13)8-16(24)20(22)28-6-2-3-12(10-28)7-17(25)27-18(30)9-26;/h7-8,11,13,17H,2-6,9-10,26H2,1H3,(H,27,30)(H,32,33);1H. The van der Waals surface area contributed by atoms with E-state index in [2.05, 4.69) is 5.32 Å². The van der Waals surface area contributed by atoms with Crippen molar-refractivity contribution in [3.05, 3.63) is 45.5 Å². The van der Waals surface area contributed by atoms with E-state index in [4.69, 9.17) is 10.5 Å². The monoisotopic (exact) mass is 512 g/mol. The van der Waals surface area contributed by atoms with Gasteiger partial charge in [0.05, 0.1) is 24.6 Å². The lowest BCUT2D eigenvalue weighted by molar-refractivity contribution is -0.120. The van der Waals surface area contributed by atoms with Gasteiger partial charge in [0.15, 0.2) is 17.9 Å². The second kappa shape index (κ2) is 10.6. The van der Waals surface area contributed by atoms with Crippen LogP contribution in [0.1, 0.15) is 42.1 Å². The third-order valence-corrected chi connectivity index (χ3v) is 6.08. The van der Waals surface area contributed by atoms with Gasteiger partial charge in [-0.2, -0.15) is 0 Å². The number of pyridine rings is 1. The molecule has 0 spiro atoms. The molecule has 1 saturated carbocycles. The predicted octanol–water partition coefficient (Wildman–Crippen LogP) is 2.50. The number of carboxylic acid groups (broad SMARTS) is 1. The fourth-order valence-electron chi connectivity index (χ4n) is 4.41. The summed E-state index contributed by atoms with van der Waals surface area (Å²) in [7, 11) is 1.37. The Morgan fingerprint density at radius 3 is 2.71 bits per heavy atom. The summed E-state index contributed by atoms with van der Waals surface area (Å²) in [5.74, 6) is -2.61. The van der Waals surface area contributed by atoms with Gasteiger partial charge in [-0.1, -0.05) is 5.57 Å². The number of piperidine rings is 1. The molecule has 1 unspecified atom stereocenters. The van der Waals surface area contributed by atoms with Crippen LogP contribution in [0.5, 0.6) is 5.75 Å². The minimum absolute atomic E-state index is 0. The highest BCUT2D eigenvalue weighted by Gasteiger charge is 2.32. The highest BCUT2D eigenvalue weighted by Crippen LogP contribution is 2.44. The summed E-state index contributed by atoms with van der Waals surface area (Å²) in [4.78, 5) is 37.5. The van der Waals surface area contributed by atoms with Crippen molar-refractivity contribution in [2.45, 2.75) is 38.0 Å². The largest absolute Gasteiger partial charge is 0.492 e. The summed E-state index contributed by atoms with van der Waals surface area (Å²) < 4.78 is 36.9. The Labute approximate surface area is 205 Å². The van der Waals surface area contributed by atoms with Crippen LogP contribution in [0.15, 0.2) is 28.7 Å². The van der Waals surface area contributed by atoms with E-state index in [1.807, 2.05) is 0 Å². The number of nitrogens with two attached hydrogens (primary N) is 1. The molecule has 2 heterocycles. The maximum atomic E-state index is 15.4. The van der Waals surface area contributed by atoms with Crippen molar-refractivity contribution >= 4 is 40.9 Å². The lowest BCUT2D eigenvalue weighted by Gasteiger charge is -2.33. The van der Waals surface area contributed by atoms with Crippen LogP contribution in [-0.2, 0) is 4.79 Å². The van der Waals surface area contributed by atoms with Crippen molar-refractivity contribution in [2.75, 3.05) is 31.6 Å². The maximum absolute atomic E-state index is 15.4. The fraction of sp³-hybridized carbons (Fsp3) is 0.435. The van der Waals surface area contributed by atoms with E-state index in [1.54, 1.807) is 9.47 Å². The van der Waals surface area contributed by atoms with Gasteiger partial charge in [-0.05, 0) is 37.8 Å². The van der Waals surface area contributed by atoms with Gasteiger partial charge in [0.1, 0.15) is 11.3 Å². The Bertz CT molecular complexity index is 1240. The minimum Gasteiger partial charge on any atom is -0.492 e. The molecule has 1 atom stereocenters. The van der Waals surface area contributed by atoms with E-state index in [9.17, 15) is 23.9 Å². The van der Waals surface area contributed by atoms with Crippen LogP contribution in [0.25, 0.3) is 10.9 Å². The van der Waals surface area contributed by atoms with Crippen LogP contribution in [0.2, 0.25) is 0 Å². The van der Waals surface area contributed by atoms with Gasteiger partial charge in [-0.3, -0.25) is 9.59 Å². The Balaban J connectivity index is 0.00000342. The van der Waals surface area contributed by atoms with Crippen LogP contribution < -0.4 is 26.1 Å². The number of hydrogen-bond donors (Lipinski definition) is 3. The number of rotatable bonds is 7. The van der Waals surface area contributed by atoms with Gasteiger partial charge in [0.25, 0.3) is 0 Å². The number of amides is 1. The van der Waals surface area contributed by atoms with E-state index in [0.717, 1.165) is 18.9 Å². The number of anilines is 1. The molecule has 4 N–H and O–H groups in total.